The lowest BCUT2D eigenvalue weighted by atomic mass is 9.89. The van der Waals surface area contributed by atoms with Crippen molar-refractivity contribution in [2.45, 2.75) is 37.6 Å². The third-order valence-corrected chi connectivity index (χ3v) is 3.59. The maximum absolute atomic E-state index is 12.2. The Morgan fingerprint density at radius 1 is 1.35 bits per heavy atom. The van der Waals surface area contributed by atoms with E-state index in [0.29, 0.717) is 6.42 Å². The van der Waals surface area contributed by atoms with Crippen molar-refractivity contribution in [1.29, 1.82) is 0 Å². The average Bonchev–Trinajstić information content (AvgIpc) is 2.78. The Hall–Kier alpha value is -1.35. The zero-order valence-electron chi connectivity index (χ0n) is 10.2. The van der Waals surface area contributed by atoms with E-state index >= 15 is 0 Å². The summed E-state index contributed by atoms with van der Waals surface area (Å²) in [6, 6.07) is 7.62. The summed E-state index contributed by atoms with van der Waals surface area (Å²) in [4.78, 5) is 12.2. The van der Waals surface area contributed by atoms with Gasteiger partial charge in [-0.25, -0.2) is 0 Å². The number of carbonyl (C=O) groups excluding carboxylic acids is 1. The first-order valence-corrected chi connectivity index (χ1v) is 6.10. The summed E-state index contributed by atoms with van der Waals surface area (Å²) in [6.07, 6.45) is 4.14. The lowest BCUT2D eigenvalue weighted by Gasteiger charge is -2.22. The molecule has 92 valence electrons. The van der Waals surface area contributed by atoms with Crippen molar-refractivity contribution in [1.82, 2.24) is 0 Å². The number of methoxy groups -OCH3 is 1. The van der Waals surface area contributed by atoms with Gasteiger partial charge in [0.2, 0.25) is 0 Å². The smallest absolute Gasteiger partial charge is 0.157 e. The van der Waals surface area contributed by atoms with Gasteiger partial charge < -0.3 is 10.5 Å². The molecule has 0 radical (unpaired) electrons. The highest BCUT2D eigenvalue weighted by atomic mass is 16.5. The first-order chi connectivity index (χ1) is 8.15. The van der Waals surface area contributed by atoms with E-state index in [0.717, 1.165) is 37.0 Å². The number of Topliss-reactive ketones (excluding diaryl/α,β-unsaturated/α-hetero) is 1. The van der Waals surface area contributed by atoms with Crippen molar-refractivity contribution in [3.8, 4) is 5.75 Å². The number of carbonyl (C=O) groups is 1. The minimum Gasteiger partial charge on any atom is -0.496 e. The Labute approximate surface area is 102 Å². The van der Waals surface area contributed by atoms with Crippen molar-refractivity contribution in [2.75, 3.05) is 7.11 Å². The van der Waals surface area contributed by atoms with Gasteiger partial charge in [-0.05, 0) is 18.9 Å². The summed E-state index contributed by atoms with van der Waals surface area (Å²) < 4.78 is 5.25. The van der Waals surface area contributed by atoms with Gasteiger partial charge in [-0.2, -0.15) is 0 Å². The van der Waals surface area contributed by atoms with Crippen LogP contribution in [0.15, 0.2) is 24.3 Å². The second kappa shape index (κ2) is 4.88. The Kier molecular flexibility index (Phi) is 3.48. The first-order valence-electron chi connectivity index (χ1n) is 6.10. The van der Waals surface area contributed by atoms with Gasteiger partial charge in [-0.1, -0.05) is 31.0 Å². The fraction of sp³-hybridized carbons (Fsp3) is 0.500. The topological polar surface area (TPSA) is 52.3 Å². The van der Waals surface area contributed by atoms with E-state index in [2.05, 4.69) is 0 Å². The molecule has 3 heteroatoms. The summed E-state index contributed by atoms with van der Waals surface area (Å²) >= 11 is 0. The van der Waals surface area contributed by atoms with Crippen LogP contribution in [0.3, 0.4) is 0 Å². The van der Waals surface area contributed by atoms with E-state index < -0.39 is 5.54 Å². The number of hydrogen-bond donors (Lipinski definition) is 1. The van der Waals surface area contributed by atoms with Gasteiger partial charge in [0.25, 0.3) is 0 Å². The molecule has 1 aliphatic carbocycles. The predicted molar refractivity (Wildman–Crippen MR) is 67.1 cm³/mol. The zero-order chi connectivity index (χ0) is 12.3. The molecule has 1 saturated carbocycles. The monoisotopic (exact) mass is 233 g/mol. The van der Waals surface area contributed by atoms with E-state index in [-0.39, 0.29) is 5.78 Å². The van der Waals surface area contributed by atoms with Gasteiger partial charge in [-0.15, -0.1) is 0 Å². The number of benzene rings is 1. The zero-order valence-corrected chi connectivity index (χ0v) is 10.2. The van der Waals surface area contributed by atoms with Crippen molar-refractivity contribution >= 4 is 5.78 Å². The first kappa shape index (κ1) is 12.1. The van der Waals surface area contributed by atoms with Crippen LogP contribution in [0, 0.1) is 0 Å². The number of para-hydroxylation sites is 1. The number of hydrogen-bond acceptors (Lipinski definition) is 3. The molecule has 1 aromatic rings. The Morgan fingerprint density at radius 2 is 2.00 bits per heavy atom. The van der Waals surface area contributed by atoms with E-state index in [9.17, 15) is 4.79 Å². The van der Waals surface area contributed by atoms with Crippen LogP contribution in [0.1, 0.15) is 31.2 Å². The highest BCUT2D eigenvalue weighted by Gasteiger charge is 2.36. The minimum atomic E-state index is -0.596. The summed E-state index contributed by atoms with van der Waals surface area (Å²) in [5, 5.41) is 0. The van der Waals surface area contributed by atoms with E-state index in [4.69, 9.17) is 10.5 Å². The van der Waals surface area contributed by atoms with Crippen LogP contribution in [0.2, 0.25) is 0 Å². The minimum absolute atomic E-state index is 0.138. The van der Waals surface area contributed by atoms with Crippen LogP contribution in [0.5, 0.6) is 5.75 Å². The van der Waals surface area contributed by atoms with Crippen molar-refractivity contribution in [2.24, 2.45) is 5.73 Å². The second-order valence-corrected chi connectivity index (χ2v) is 4.78. The maximum atomic E-state index is 12.2. The molecule has 1 fully saturated rings. The van der Waals surface area contributed by atoms with Crippen LogP contribution in [-0.2, 0) is 11.2 Å². The molecule has 2 N–H and O–H groups in total. The summed E-state index contributed by atoms with van der Waals surface area (Å²) in [6.45, 7) is 0. The number of rotatable bonds is 4. The lowest BCUT2D eigenvalue weighted by molar-refractivity contribution is -0.123. The molecule has 17 heavy (non-hydrogen) atoms. The Bertz CT molecular complexity index is 408. The summed E-state index contributed by atoms with van der Waals surface area (Å²) in [5.41, 5.74) is 6.48. The van der Waals surface area contributed by atoms with Crippen LogP contribution < -0.4 is 10.5 Å². The maximum Gasteiger partial charge on any atom is 0.157 e. The molecule has 0 unspecified atom stereocenters. The van der Waals surface area contributed by atoms with E-state index in [1.165, 1.54) is 0 Å². The molecule has 0 spiro atoms. The Morgan fingerprint density at radius 3 is 2.65 bits per heavy atom. The SMILES string of the molecule is COc1ccccc1CC(=O)C1(N)CCCC1. The normalized spacial score (nSPS) is 18.0. The molecule has 0 heterocycles. The Balaban J connectivity index is 2.12. The van der Waals surface area contributed by atoms with Gasteiger partial charge in [-0.3, -0.25) is 4.79 Å². The molecule has 0 atom stereocenters. The van der Waals surface area contributed by atoms with E-state index in [1.54, 1.807) is 7.11 Å². The van der Waals surface area contributed by atoms with Crippen LogP contribution in [-0.4, -0.2) is 18.4 Å². The van der Waals surface area contributed by atoms with Crippen molar-refractivity contribution < 1.29 is 9.53 Å². The average molecular weight is 233 g/mol. The molecule has 0 amide bonds. The third kappa shape index (κ3) is 2.50. The molecule has 3 nitrogen and oxygen atoms in total. The van der Waals surface area contributed by atoms with Crippen molar-refractivity contribution in [3.63, 3.8) is 0 Å². The van der Waals surface area contributed by atoms with Gasteiger partial charge >= 0.3 is 0 Å². The fourth-order valence-corrected chi connectivity index (χ4v) is 2.48. The molecule has 0 aliphatic heterocycles. The highest BCUT2D eigenvalue weighted by Crippen LogP contribution is 2.30. The molecule has 1 aromatic carbocycles. The number of nitrogens with two attached hydrogens (primary N) is 1. The summed E-state index contributed by atoms with van der Waals surface area (Å²) in [5.74, 6) is 0.905. The molecule has 2 rings (SSSR count). The molecule has 0 aromatic heterocycles. The van der Waals surface area contributed by atoms with Crippen LogP contribution in [0.25, 0.3) is 0 Å². The van der Waals surface area contributed by atoms with Crippen LogP contribution >= 0.6 is 0 Å². The van der Waals surface area contributed by atoms with Gasteiger partial charge in [0.05, 0.1) is 12.6 Å². The summed E-state index contributed by atoms with van der Waals surface area (Å²) in [7, 11) is 1.62. The number of ketones is 1. The predicted octanol–water partition coefficient (Wildman–Crippen LogP) is 2.08. The van der Waals surface area contributed by atoms with Crippen LogP contribution in [0.4, 0.5) is 0 Å². The van der Waals surface area contributed by atoms with Gasteiger partial charge in [0, 0.05) is 12.0 Å². The largest absolute Gasteiger partial charge is 0.496 e. The standard InChI is InChI=1S/C14H19NO2/c1-17-12-7-3-2-6-11(12)10-13(16)14(15)8-4-5-9-14/h2-3,6-7H,4-5,8-10,15H2,1H3. The third-order valence-electron chi connectivity index (χ3n) is 3.59. The highest BCUT2D eigenvalue weighted by molar-refractivity contribution is 5.90. The van der Waals surface area contributed by atoms with Crippen molar-refractivity contribution in [3.05, 3.63) is 29.8 Å². The molecule has 1 aliphatic rings. The lowest BCUT2D eigenvalue weighted by Crippen LogP contribution is -2.46. The van der Waals surface area contributed by atoms with E-state index in [1.807, 2.05) is 24.3 Å². The fourth-order valence-electron chi connectivity index (χ4n) is 2.48. The molecule has 0 bridgehead atoms. The van der Waals surface area contributed by atoms with Gasteiger partial charge in [0.15, 0.2) is 5.78 Å². The second-order valence-electron chi connectivity index (χ2n) is 4.78. The molecular weight excluding hydrogens is 214 g/mol. The number of ether oxygens (including phenoxy) is 1. The molecular formula is C14H19NO2. The quantitative estimate of drug-likeness (QED) is 0.866. The molecule has 0 saturated heterocycles. The van der Waals surface area contributed by atoms with Gasteiger partial charge in [0.1, 0.15) is 5.75 Å².